The van der Waals surface area contributed by atoms with E-state index in [1.54, 1.807) is 10.4 Å². The first kappa shape index (κ1) is 18.4. The van der Waals surface area contributed by atoms with Crippen LogP contribution in [0.4, 0.5) is 0 Å². The molecule has 0 spiro atoms. The van der Waals surface area contributed by atoms with Crippen molar-refractivity contribution in [1.82, 2.24) is 4.31 Å². The summed E-state index contributed by atoms with van der Waals surface area (Å²) in [6.45, 7) is 9.15. The second-order valence-electron chi connectivity index (χ2n) is 5.59. The Hall–Kier alpha value is 0.380. The van der Waals surface area contributed by atoms with E-state index in [-0.39, 0.29) is 11.8 Å². The Labute approximate surface area is 139 Å². The third-order valence-corrected chi connectivity index (χ3v) is 7.12. The van der Waals surface area contributed by atoms with Crippen molar-refractivity contribution in [2.45, 2.75) is 38.5 Å². The van der Waals surface area contributed by atoms with Crippen LogP contribution in [0.5, 0.6) is 0 Å². The van der Waals surface area contributed by atoms with Gasteiger partial charge in [0.25, 0.3) is 0 Å². The number of hydrogen-bond donors (Lipinski definition) is 0. The molecule has 0 radical (unpaired) electrons. The van der Waals surface area contributed by atoms with Crippen LogP contribution in [-0.2, 0) is 15.9 Å². The van der Waals surface area contributed by atoms with Crippen LogP contribution in [0.15, 0.2) is 14.7 Å². The molecule has 0 N–H and O–H groups in total. The van der Waals surface area contributed by atoms with Gasteiger partial charge in [-0.15, -0.1) is 22.9 Å². The predicted octanol–water partition coefficient (Wildman–Crippen LogP) is 4.55. The van der Waals surface area contributed by atoms with E-state index < -0.39 is 10.0 Å². The Kier molecular flexibility index (Phi) is 6.99. The molecule has 20 heavy (non-hydrogen) atoms. The molecule has 0 aliphatic carbocycles. The first-order valence-corrected chi connectivity index (χ1v) is 10.1. The average molecular weight is 403 g/mol. The van der Waals surface area contributed by atoms with Gasteiger partial charge in [-0.05, 0) is 33.8 Å². The van der Waals surface area contributed by atoms with Gasteiger partial charge in [0.1, 0.15) is 4.90 Å². The predicted molar refractivity (Wildman–Crippen MR) is 90.0 cm³/mol. The fraction of sp³-hybridized carbons (Fsp3) is 0.692. The van der Waals surface area contributed by atoms with Gasteiger partial charge in [0.15, 0.2) is 0 Å². The Morgan fingerprint density at radius 1 is 1.25 bits per heavy atom. The highest BCUT2D eigenvalue weighted by Crippen LogP contribution is 2.34. The summed E-state index contributed by atoms with van der Waals surface area (Å²) in [5.41, 5.74) is 0. The third-order valence-electron chi connectivity index (χ3n) is 2.59. The molecular weight excluding hydrogens is 382 g/mol. The molecule has 7 heteroatoms. The molecule has 0 fully saturated rings. The molecule has 0 bridgehead atoms. The Bertz CT molecular complexity index is 531. The second kappa shape index (κ2) is 7.58. The van der Waals surface area contributed by atoms with E-state index >= 15 is 0 Å². The van der Waals surface area contributed by atoms with Crippen molar-refractivity contribution in [2.24, 2.45) is 11.8 Å². The van der Waals surface area contributed by atoms with Crippen LogP contribution in [0.1, 0.15) is 32.6 Å². The lowest BCUT2D eigenvalue weighted by atomic mass is 10.2. The van der Waals surface area contributed by atoms with Crippen LogP contribution in [0, 0.1) is 11.8 Å². The number of nitrogens with zero attached hydrogens (tertiary/aromatic N) is 1. The molecule has 0 saturated heterocycles. The Balaban J connectivity index is 3.17. The zero-order chi connectivity index (χ0) is 15.5. The highest BCUT2D eigenvalue weighted by Gasteiger charge is 2.29. The van der Waals surface area contributed by atoms with Crippen molar-refractivity contribution in [1.29, 1.82) is 0 Å². The molecule has 0 aliphatic rings. The second-order valence-corrected chi connectivity index (χ2v) is 10.2. The van der Waals surface area contributed by atoms with Crippen LogP contribution in [0.25, 0.3) is 0 Å². The summed E-state index contributed by atoms with van der Waals surface area (Å²) >= 11 is 10.5. The van der Waals surface area contributed by atoms with E-state index in [0.29, 0.717) is 27.7 Å². The standard InChI is InChI=1S/C13H21BrClNO2S2/c1-9(2)7-16(8-10(3)4)20(17,18)12-5-11(6-15)19-13(12)14/h5,9-10H,6-8H2,1-4H3. The van der Waals surface area contributed by atoms with Crippen LogP contribution in [-0.4, -0.2) is 25.8 Å². The molecule has 116 valence electrons. The van der Waals surface area contributed by atoms with Crippen molar-refractivity contribution < 1.29 is 8.42 Å². The van der Waals surface area contributed by atoms with E-state index in [0.717, 1.165) is 4.88 Å². The van der Waals surface area contributed by atoms with E-state index in [2.05, 4.69) is 15.9 Å². The number of halogens is 2. The van der Waals surface area contributed by atoms with Crippen molar-refractivity contribution in [3.8, 4) is 0 Å². The van der Waals surface area contributed by atoms with Crippen molar-refractivity contribution in [2.75, 3.05) is 13.1 Å². The maximum atomic E-state index is 12.8. The lowest BCUT2D eigenvalue weighted by Crippen LogP contribution is -2.37. The molecule has 3 nitrogen and oxygen atoms in total. The van der Waals surface area contributed by atoms with Gasteiger partial charge in [-0.1, -0.05) is 27.7 Å². The molecule has 0 aliphatic heterocycles. The summed E-state index contributed by atoms with van der Waals surface area (Å²) in [6.07, 6.45) is 0. The summed E-state index contributed by atoms with van der Waals surface area (Å²) in [6, 6.07) is 1.67. The lowest BCUT2D eigenvalue weighted by molar-refractivity contribution is 0.333. The maximum absolute atomic E-state index is 12.8. The number of hydrogen-bond acceptors (Lipinski definition) is 3. The van der Waals surface area contributed by atoms with Gasteiger partial charge in [0.05, 0.1) is 9.67 Å². The summed E-state index contributed by atoms with van der Waals surface area (Å²) in [5.74, 6) is 0.898. The zero-order valence-corrected chi connectivity index (χ0v) is 16.2. The fourth-order valence-electron chi connectivity index (χ4n) is 1.86. The van der Waals surface area contributed by atoms with Gasteiger partial charge in [0, 0.05) is 18.0 Å². The number of rotatable bonds is 7. The Morgan fingerprint density at radius 3 is 2.10 bits per heavy atom. The van der Waals surface area contributed by atoms with E-state index in [1.807, 2.05) is 27.7 Å². The molecule has 0 aromatic carbocycles. The largest absolute Gasteiger partial charge is 0.245 e. The van der Waals surface area contributed by atoms with Gasteiger partial charge in [-0.2, -0.15) is 4.31 Å². The van der Waals surface area contributed by atoms with E-state index in [4.69, 9.17) is 11.6 Å². The summed E-state index contributed by atoms with van der Waals surface area (Å²) in [7, 11) is -3.47. The summed E-state index contributed by atoms with van der Waals surface area (Å²) in [5, 5.41) is 0. The first-order valence-electron chi connectivity index (χ1n) is 6.52. The van der Waals surface area contributed by atoms with Crippen LogP contribution >= 0.6 is 38.9 Å². The topological polar surface area (TPSA) is 37.4 Å². The minimum absolute atomic E-state index is 0.286. The van der Waals surface area contributed by atoms with Gasteiger partial charge >= 0.3 is 0 Å². The minimum atomic E-state index is -3.47. The number of thiophene rings is 1. The van der Waals surface area contributed by atoms with Crippen molar-refractivity contribution >= 4 is 48.9 Å². The van der Waals surface area contributed by atoms with Crippen LogP contribution < -0.4 is 0 Å². The highest BCUT2D eigenvalue weighted by atomic mass is 79.9. The number of alkyl halides is 1. The normalized spacial score (nSPS) is 12.8. The van der Waals surface area contributed by atoms with Crippen molar-refractivity contribution in [3.63, 3.8) is 0 Å². The molecule has 1 aromatic heterocycles. The minimum Gasteiger partial charge on any atom is -0.207 e. The number of sulfonamides is 1. The molecule has 0 atom stereocenters. The van der Waals surface area contributed by atoms with Crippen molar-refractivity contribution in [3.05, 3.63) is 14.7 Å². The molecule has 0 saturated carbocycles. The summed E-state index contributed by atoms with van der Waals surface area (Å²) < 4.78 is 27.8. The smallest absolute Gasteiger partial charge is 0.207 e. The molecule has 1 heterocycles. The van der Waals surface area contributed by atoms with Gasteiger partial charge in [0.2, 0.25) is 10.0 Å². The summed E-state index contributed by atoms with van der Waals surface area (Å²) in [4.78, 5) is 1.19. The van der Waals surface area contributed by atoms with Crippen LogP contribution in [0.2, 0.25) is 0 Å². The highest BCUT2D eigenvalue weighted by molar-refractivity contribution is 9.11. The SMILES string of the molecule is CC(C)CN(CC(C)C)S(=O)(=O)c1cc(CCl)sc1Br. The van der Waals surface area contributed by atoms with Gasteiger partial charge < -0.3 is 0 Å². The molecule has 0 unspecified atom stereocenters. The van der Waals surface area contributed by atoms with Gasteiger partial charge in [-0.3, -0.25) is 0 Å². The van der Waals surface area contributed by atoms with Gasteiger partial charge in [-0.25, -0.2) is 8.42 Å². The quantitative estimate of drug-likeness (QED) is 0.627. The lowest BCUT2D eigenvalue weighted by Gasteiger charge is -2.25. The first-order chi connectivity index (χ1) is 9.18. The van der Waals surface area contributed by atoms with Crippen LogP contribution in [0.3, 0.4) is 0 Å². The Morgan fingerprint density at radius 2 is 1.75 bits per heavy atom. The third kappa shape index (κ3) is 4.70. The average Bonchev–Trinajstić information content (AvgIpc) is 2.69. The molecule has 1 aromatic rings. The molecule has 1 rings (SSSR count). The monoisotopic (exact) mass is 401 g/mol. The zero-order valence-electron chi connectivity index (χ0n) is 12.2. The maximum Gasteiger partial charge on any atom is 0.245 e. The van der Waals surface area contributed by atoms with E-state index in [1.165, 1.54) is 11.3 Å². The fourth-order valence-corrected chi connectivity index (χ4v) is 6.35. The van der Waals surface area contributed by atoms with E-state index in [9.17, 15) is 8.42 Å². The molecule has 0 amide bonds. The molecular formula is C13H21BrClNO2S2.